The first kappa shape index (κ1) is 23.2. The van der Waals surface area contributed by atoms with Crippen LogP contribution in [0, 0.1) is 5.92 Å². The van der Waals surface area contributed by atoms with E-state index in [0.717, 1.165) is 60.8 Å². The monoisotopic (exact) mass is 504 g/mol. The van der Waals surface area contributed by atoms with Crippen LogP contribution in [0.3, 0.4) is 0 Å². The predicted molar refractivity (Wildman–Crippen MR) is 154 cm³/mol. The second kappa shape index (κ2) is 9.67. The number of aromatic amines is 2. The van der Waals surface area contributed by atoms with Crippen LogP contribution in [0.4, 0.5) is 0 Å². The zero-order valence-corrected chi connectivity index (χ0v) is 21.5. The Hall–Kier alpha value is -4.23. The Kier molecular flexibility index (Phi) is 6.06. The van der Waals surface area contributed by atoms with Crippen molar-refractivity contribution in [3.63, 3.8) is 0 Å². The van der Waals surface area contributed by atoms with Crippen LogP contribution in [-0.2, 0) is 0 Å². The van der Waals surface area contributed by atoms with Crippen LogP contribution in [0.25, 0.3) is 49.5 Å². The van der Waals surface area contributed by atoms with Gasteiger partial charge in [0, 0.05) is 45.6 Å². The number of rotatable bonds is 8. The predicted octanol–water partition coefficient (Wildman–Crippen LogP) is 7.61. The minimum absolute atomic E-state index is 0.552. The molecule has 5 heterocycles. The number of hydrogen-bond acceptors (Lipinski definition) is 5. The Morgan fingerprint density at radius 1 is 1.19 bits per heavy atom. The molecule has 0 spiro atoms. The van der Waals surface area contributed by atoms with Gasteiger partial charge < -0.3 is 10.3 Å². The molecule has 0 unspecified atom stereocenters. The molecule has 1 fully saturated rings. The normalized spacial score (nSPS) is 14.7. The first-order valence-corrected chi connectivity index (χ1v) is 13.4. The molecule has 0 saturated heterocycles. The van der Waals surface area contributed by atoms with Gasteiger partial charge in [-0.3, -0.25) is 10.1 Å². The van der Waals surface area contributed by atoms with Crippen molar-refractivity contribution in [2.75, 3.05) is 0 Å². The van der Waals surface area contributed by atoms with Gasteiger partial charge in [-0.1, -0.05) is 31.7 Å². The van der Waals surface area contributed by atoms with E-state index in [1.54, 1.807) is 11.3 Å². The van der Waals surface area contributed by atoms with Gasteiger partial charge in [-0.15, -0.1) is 11.3 Å². The van der Waals surface area contributed by atoms with Gasteiger partial charge in [0.05, 0.1) is 22.0 Å². The van der Waals surface area contributed by atoms with Crippen LogP contribution in [0.15, 0.2) is 90.9 Å². The molecule has 6 rings (SSSR count). The maximum atomic E-state index is 4.65. The summed E-state index contributed by atoms with van der Waals surface area (Å²) in [4.78, 5) is 14.0. The highest BCUT2D eigenvalue weighted by atomic mass is 32.1. The number of allylic oxidation sites excluding steroid dienone is 5. The summed E-state index contributed by atoms with van der Waals surface area (Å²) < 4.78 is 0. The Morgan fingerprint density at radius 2 is 2.08 bits per heavy atom. The standard InChI is InChI=1S/C30H28N6S/c1-4-19(14-22(5-2)33-18(3)20-8-6-9-20)21-15-24-28(35-36-30(24)32-17-21)26-16-23-25(34-26)11-12-31-29(23)27-10-7-13-37-27/h4-5,7,10-17,20,33-34H,2-3,6,8-9H2,1H3,(H,32,35,36)/b19-4+,22-14+. The quantitative estimate of drug-likeness (QED) is 0.190. The zero-order chi connectivity index (χ0) is 25.4. The Labute approximate surface area is 219 Å². The molecule has 0 atom stereocenters. The van der Waals surface area contributed by atoms with E-state index in [9.17, 15) is 0 Å². The molecule has 5 aromatic rings. The third kappa shape index (κ3) is 4.32. The van der Waals surface area contributed by atoms with Crippen LogP contribution in [0.5, 0.6) is 0 Å². The van der Waals surface area contributed by atoms with Crippen molar-refractivity contribution in [2.45, 2.75) is 26.2 Å². The molecule has 0 bridgehead atoms. The average molecular weight is 505 g/mol. The molecule has 0 amide bonds. The van der Waals surface area contributed by atoms with E-state index in [4.69, 9.17) is 0 Å². The SMILES string of the molecule is C=C/C(=C\C(=C/C)c1cnc2n[nH]c(-c3cc4c(-c5cccs5)nccc4[nH]3)c2c1)NC(=C)C1CCC1. The fraction of sp³-hybridized carbons (Fsp3) is 0.167. The van der Waals surface area contributed by atoms with Gasteiger partial charge in [-0.25, -0.2) is 4.98 Å². The van der Waals surface area contributed by atoms with Crippen molar-refractivity contribution < 1.29 is 0 Å². The first-order valence-electron chi connectivity index (χ1n) is 12.5. The minimum Gasteiger partial charge on any atom is -0.359 e. The van der Waals surface area contributed by atoms with E-state index in [2.05, 4.69) is 79.4 Å². The van der Waals surface area contributed by atoms with Crippen molar-refractivity contribution in [1.29, 1.82) is 0 Å². The summed E-state index contributed by atoms with van der Waals surface area (Å²) in [6.07, 6.45) is 13.4. The fourth-order valence-corrected chi connectivity index (χ4v) is 5.49. The van der Waals surface area contributed by atoms with Crippen molar-refractivity contribution in [3.8, 4) is 22.0 Å². The third-order valence-corrected chi connectivity index (χ3v) is 7.94. The van der Waals surface area contributed by atoms with Crippen LogP contribution >= 0.6 is 11.3 Å². The number of aromatic nitrogens is 5. The van der Waals surface area contributed by atoms with E-state index in [1.165, 1.54) is 19.3 Å². The topological polar surface area (TPSA) is 82.3 Å². The smallest absolute Gasteiger partial charge is 0.181 e. The highest BCUT2D eigenvalue weighted by Crippen LogP contribution is 2.35. The van der Waals surface area contributed by atoms with Crippen molar-refractivity contribution in [2.24, 2.45) is 5.92 Å². The average Bonchev–Trinajstić information content (AvgIpc) is 3.64. The summed E-state index contributed by atoms with van der Waals surface area (Å²) in [6, 6.07) is 10.4. The maximum Gasteiger partial charge on any atom is 0.181 e. The van der Waals surface area contributed by atoms with Crippen LogP contribution in [0.1, 0.15) is 31.7 Å². The number of nitrogens with one attached hydrogen (secondary N) is 3. The van der Waals surface area contributed by atoms with Gasteiger partial charge >= 0.3 is 0 Å². The minimum atomic E-state index is 0.552. The molecule has 1 aliphatic carbocycles. The van der Waals surface area contributed by atoms with E-state index in [-0.39, 0.29) is 0 Å². The summed E-state index contributed by atoms with van der Waals surface area (Å²) in [5.74, 6) is 0.552. The number of H-pyrrole nitrogens is 2. The lowest BCUT2D eigenvalue weighted by atomic mass is 9.83. The lowest BCUT2D eigenvalue weighted by molar-refractivity contribution is 0.356. The molecule has 5 aromatic heterocycles. The lowest BCUT2D eigenvalue weighted by Crippen LogP contribution is -2.23. The molecule has 1 saturated carbocycles. The van der Waals surface area contributed by atoms with Gasteiger partial charge in [-0.05, 0) is 73.1 Å². The molecule has 6 nitrogen and oxygen atoms in total. The first-order chi connectivity index (χ1) is 18.1. The van der Waals surface area contributed by atoms with Crippen molar-refractivity contribution >= 4 is 38.8 Å². The van der Waals surface area contributed by atoms with Gasteiger partial charge in [-0.2, -0.15) is 5.10 Å². The second-order valence-electron chi connectivity index (χ2n) is 9.30. The molecule has 0 radical (unpaired) electrons. The highest BCUT2D eigenvalue weighted by Gasteiger charge is 2.21. The summed E-state index contributed by atoms with van der Waals surface area (Å²) in [5.41, 5.74) is 8.58. The van der Waals surface area contributed by atoms with E-state index in [1.807, 2.05) is 37.5 Å². The van der Waals surface area contributed by atoms with E-state index < -0.39 is 0 Å². The van der Waals surface area contributed by atoms with Gasteiger partial charge in [0.25, 0.3) is 0 Å². The summed E-state index contributed by atoms with van der Waals surface area (Å²) >= 11 is 1.69. The second-order valence-corrected chi connectivity index (χ2v) is 10.2. The Bertz CT molecular complexity index is 1680. The van der Waals surface area contributed by atoms with Crippen LogP contribution < -0.4 is 5.32 Å². The van der Waals surface area contributed by atoms with Crippen molar-refractivity contribution in [1.82, 2.24) is 30.5 Å². The number of pyridine rings is 2. The molecule has 184 valence electrons. The van der Waals surface area contributed by atoms with Crippen molar-refractivity contribution in [3.05, 3.63) is 96.4 Å². The highest BCUT2D eigenvalue weighted by molar-refractivity contribution is 7.13. The third-order valence-electron chi connectivity index (χ3n) is 7.06. The largest absolute Gasteiger partial charge is 0.359 e. The molecule has 3 N–H and O–H groups in total. The summed E-state index contributed by atoms with van der Waals surface area (Å²) in [7, 11) is 0. The molecule has 0 aromatic carbocycles. The van der Waals surface area contributed by atoms with Crippen LogP contribution in [0.2, 0.25) is 0 Å². The Balaban J connectivity index is 1.37. The van der Waals surface area contributed by atoms with Crippen LogP contribution in [-0.4, -0.2) is 25.1 Å². The molecule has 37 heavy (non-hydrogen) atoms. The summed E-state index contributed by atoms with van der Waals surface area (Å²) in [6.45, 7) is 10.3. The zero-order valence-electron chi connectivity index (χ0n) is 20.7. The number of nitrogens with zero attached hydrogens (tertiary/aromatic N) is 3. The van der Waals surface area contributed by atoms with Gasteiger partial charge in [0.2, 0.25) is 0 Å². The Morgan fingerprint density at radius 3 is 2.81 bits per heavy atom. The molecule has 7 heteroatoms. The molecular weight excluding hydrogens is 476 g/mol. The van der Waals surface area contributed by atoms with Gasteiger partial charge in [0.1, 0.15) is 0 Å². The number of fused-ring (bicyclic) bond motifs is 2. The summed E-state index contributed by atoms with van der Waals surface area (Å²) in [5, 5.41) is 15.2. The van der Waals surface area contributed by atoms with E-state index in [0.29, 0.717) is 11.6 Å². The van der Waals surface area contributed by atoms with Gasteiger partial charge in [0.15, 0.2) is 5.65 Å². The number of thiophene rings is 1. The molecule has 0 aliphatic heterocycles. The maximum absolute atomic E-state index is 4.65. The lowest BCUT2D eigenvalue weighted by Gasteiger charge is -2.28. The number of hydrogen-bond donors (Lipinski definition) is 3. The fourth-order valence-electron chi connectivity index (χ4n) is 4.75. The molecular formula is C30H28N6S. The molecule has 1 aliphatic rings. The van der Waals surface area contributed by atoms with E-state index >= 15 is 0 Å².